The molecule has 2 heteroatoms. The molecular formula is C30H27NO. The maximum absolute atomic E-state index is 6.62. The summed E-state index contributed by atoms with van der Waals surface area (Å²) >= 11 is 0. The molecule has 6 rings (SSSR count). The number of benzene rings is 4. The molecular weight excluding hydrogens is 390 g/mol. The first-order valence-corrected chi connectivity index (χ1v) is 11.4. The van der Waals surface area contributed by atoms with Crippen LogP contribution in [0.15, 0.2) is 60.8 Å². The third kappa shape index (κ3) is 2.82. The number of fused-ring (bicyclic) bond motifs is 5. The largest absolute Gasteiger partial charge is 0.456 e. The highest BCUT2D eigenvalue weighted by molar-refractivity contribution is 6.16. The molecule has 0 bridgehead atoms. The van der Waals surface area contributed by atoms with E-state index in [2.05, 4.69) is 89.2 Å². The predicted octanol–water partition coefficient (Wildman–Crippen LogP) is 8.52. The van der Waals surface area contributed by atoms with Gasteiger partial charge in [-0.3, -0.25) is 4.98 Å². The molecule has 0 radical (unpaired) electrons. The smallest absolute Gasteiger partial charge is 0.140 e. The molecule has 0 amide bonds. The first-order chi connectivity index (χ1) is 15.3. The Hall–Kier alpha value is -3.39. The quantitative estimate of drug-likeness (QED) is 0.250. The topological polar surface area (TPSA) is 22.1 Å². The number of nitrogens with zero attached hydrogens (tertiary/aromatic N) is 1. The molecule has 0 aliphatic carbocycles. The Morgan fingerprint density at radius 3 is 2.50 bits per heavy atom. The van der Waals surface area contributed by atoms with Gasteiger partial charge in [-0.25, -0.2) is 0 Å². The maximum Gasteiger partial charge on any atom is 0.140 e. The van der Waals surface area contributed by atoms with Crippen molar-refractivity contribution in [3.63, 3.8) is 0 Å². The van der Waals surface area contributed by atoms with Crippen LogP contribution >= 0.6 is 0 Å². The number of hydrogen-bond acceptors (Lipinski definition) is 2. The summed E-state index contributed by atoms with van der Waals surface area (Å²) < 4.78 is 6.62. The lowest BCUT2D eigenvalue weighted by Gasteiger charge is -2.25. The van der Waals surface area contributed by atoms with E-state index in [1.807, 2.05) is 6.20 Å². The van der Waals surface area contributed by atoms with Crippen molar-refractivity contribution in [2.45, 2.75) is 41.0 Å². The molecule has 0 N–H and O–H groups in total. The Balaban J connectivity index is 1.67. The normalized spacial score (nSPS) is 12.9. The van der Waals surface area contributed by atoms with E-state index in [1.165, 1.54) is 43.6 Å². The van der Waals surface area contributed by atoms with Crippen molar-refractivity contribution in [1.29, 1.82) is 0 Å². The Morgan fingerprint density at radius 1 is 0.844 bits per heavy atom. The van der Waals surface area contributed by atoms with Crippen molar-refractivity contribution in [2.75, 3.05) is 0 Å². The van der Waals surface area contributed by atoms with Crippen LogP contribution in [-0.2, 0) is 6.42 Å². The van der Waals surface area contributed by atoms with Crippen LogP contribution in [0, 0.1) is 19.3 Å². The number of ether oxygens (including phenoxy) is 1. The fraction of sp³-hybridized carbons (Fsp3) is 0.233. The van der Waals surface area contributed by atoms with Crippen LogP contribution in [0.3, 0.4) is 0 Å². The van der Waals surface area contributed by atoms with Gasteiger partial charge in [0.1, 0.15) is 11.5 Å². The Bertz CT molecular complexity index is 1570. The molecule has 2 nitrogen and oxygen atoms in total. The molecule has 0 unspecified atom stereocenters. The summed E-state index contributed by atoms with van der Waals surface area (Å²) in [7, 11) is 0. The SMILES string of the molecule is Cc1cccc2cc3c(c(C)c12)Oc1cc2ccc(CC(C)(C)C)cc2c2ccnc-3c12. The molecule has 158 valence electrons. The lowest BCUT2D eigenvalue weighted by Crippen LogP contribution is -2.09. The van der Waals surface area contributed by atoms with Crippen LogP contribution in [-0.4, -0.2) is 4.98 Å². The van der Waals surface area contributed by atoms with Gasteiger partial charge in [-0.05, 0) is 81.9 Å². The van der Waals surface area contributed by atoms with Gasteiger partial charge in [-0.15, -0.1) is 0 Å². The van der Waals surface area contributed by atoms with Crippen LogP contribution in [0.5, 0.6) is 11.5 Å². The number of rotatable bonds is 1. The summed E-state index contributed by atoms with van der Waals surface area (Å²) in [5.74, 6) is 1.84. The van der Waals surface area contributed by atoms with Crippen LogP contribution in [0.25, 0.3) is 43.6 Å². The number of hydrogen-bond donors (Lipinski definition) is 0. The molecule has 1 aromatic heterocycles. The summed E-state index contributed by atoms with van der Waals surface area (Å²) in [6, 6.07) is 19.9. The lowest BCUT2D eigenvalue weighted by molar-refractivity contribution is 0.411. The van der Waals surface area contributed by atoms with Gasteiger partial charge < -0.3 is 4.74 Å². The lowest BCUT2D eigenvalue weighted by atomic mass is 9.86. The van der Waals surface area contributed by atoms with Crippen molar-refractivity contribution >= 4 is 32.3 Å². The highest BCUT2D eigenvalue weighted by Gasteiger charge is 2.25. The minimum absolute atomic E-state index is 0.250. The van der Waals surface area contributed by atoms with Gasteiger partial charge in [0.2, 0.25) is 0 Å². The zero-order valence-corrected chi connectivity index (χ0v) is 19.3. The Kier molecular flexibility index (Phi) is 3.96. The monoisotopic (exact) mass is 417 g/mol. The maximum atomic E-state index is 6.62. The molecule has 2 heterocycles. The van der Waals surface area contributed by atoms with E-state index in [9.17, 15) is 0 Å². The Morgan fingerprint density at radius 2 is 1.69 bits per heavy atom. The van der Waals surface area contributed by atoms with Crippen LogP contribution < -0.4 is 4.74 Å². The molecule has 0 fully saturated rings. The first kappa shape index (κ1) is 19.3. The van der Waals surface area contributed by atoms with Gasteiger partial charge in [-0.1, -0.05) is 57.2 Å². The highest BCUT2D eigenvalue weighted by Crippen LogP contribution is 2.50. The van der Waals surface area contributed by atoms with Crippen LogP contribution in [0.4, 0.5) is 0 Å². The fourth-order valence-corrected chi connectivity index (χ4v) is 5.40. The summed E-state index contributed by atoms with van der Waals surface area (Å²) in [5, 5.41) is 7.32. The second kappa shape index (κ2) is 6.56. The van der Waals surface area contributed by atoms with E-state index >= 15 is 0 Å². The molecule has 0 saturated heterocycles. The third-order valence-electron chi connectivity index (χ3n) is 6.66. The van der Waals surface area contributed by atoms with Crippen LogP contribution in [0.2, 0.25) is 0 Å². The number of aryl methyl sites for hydroxylation is 2. The average molecular weight is 418 g/mol. The van der Waals surface area contributed by atoms with Gasteiger partial charge in [0.15, 0.2) is 0 Å². The van der Waals surface area contributed by atoms with Crippen molar-refractivity contribution in [1.82, 2.24) is 4.98 Å². The van der Waals surface area contributed by atoms with Crippen molar-refractivity contribution < 1.29 is 4.74 Å². The van der Waals surface area contributed by atoms with Gasteiger partial charge >= 0.3 is 0 Å². The van der Waals surface area contributed by atoms with E-state index < -0.39 is 0 Å². The van der Waals surface area contributed by atoms with E-state index in [4.69, 9.17) is 9.72 Å². The minimum atomic E-state index is 0.250. The molecule has 5 aromatic rings. The number of aromatic nitrogens is 1. The second-order valence-electron chi connectivity index (χ2n) is 10.4. The van der Waals surface area contributed by atoms with Gasteiger partial charge in [0, 0.05) is 17.3 Å². The summed E-state index contributed by atoms with van der Waals surface area (Å²) in [6.07, 6.45) is 3.00. The molecule has 1 aliphatic rings. The predicted molar refractivity (Wildman–Crippen MR) is 135 cm³/mol. The standard InChI is InChI=1S/C30H27NO/c1-17-7-6-8-21-14-24-28-27-22(11-12-31-28)23-13-19(16-30(3,4)5)9-10-20(23)15-25(27)32-29(24)18(2)26(17)21/h6-15H,16H2,1-5H3. The van der Waals surface area contributed by atoms with E-state index in [1.54, 1.807) is 0 Å². The second-order valence-corrected chi connectivity index (χ2v) is 10.4. The van der Waals surface area contributed by atoms with Gasteiger partial charge in [-0.2, -0.15) is 0 Å². The van der Waals surface area contributed by atoms with E-state index in [-0.39, 0.29) is 5.41 Å². The molecule has 0 atom stereocenters. The van der Waals surface area contributed by atoms with Gasteiger partial charge in [0.05, 0.1) is 11.1 Å². The summed E-state index contributed by atoms with van der Waals surface area (Å²) in [4.78, 5) is 4.86. The molecule has 32 heavy (non-hydrogen) atoms. The summed E-state index contributed by atoms with van der Waals surface area (Å²) in [6.45, 7) is 11.2. The van der Waals surface area contributed by atoms with Gasteiger partial charge in [0.25, 0.3) is 0 Å². The van der Waals surface area contributed by atoms with E-state index in [0.717, 1.165) is 34.6 Å². The Labute approximate surface area is 188 Å². The zero-order chi connectivity index (χ0) is 22.2. The highest BCUT2D eigenvalue weighted by atomic mass is 16.5. The first-order valence-electron chi connectivity index (χ1n) is 11.4. The van der Waals surface area contributed by atoms with E-state index in [0.29, 0.717) is 0 Å². The summed E-state index contributed by atoms with van der Waals surface area (Å²) in [5.41, 5.74) is 6.18. The average Bonchev–Trinajstić information content (AvgIpc) is 2.74. The molecule has 4 aromatic carbocycles. The van der Waals surface area contributed by atoms with Crippen LogP contribution in [0.1, 0.15) is 37.5 Å². The molecule has 0 saturated carbocycles. The minimum Gasteiger partial charge on any atom is -0.456 e. The third-order valence-corrected chi connectivity index (χ3v) is 6.66. The number of pyridine rings is 1. The zero-order valence-electron chi connectivity index (χ0n) is 19.3. The van der Waals surface area contributed by atoms with Crippen molar-refractivity contribution in [3.05, 3.63) is 77.5 Å². The van der Waals surface area contributed by atoms with Crippen molar-refractivity contribution in [3.8, 4) is 22.8 Å². The molecule has 1 aliphatic heterocycles. The fourth-order valence-electron chi connectivity index (χ4n) is 5.40. The molecule has 0 spiro atoms. The van der Waals surface area contributed by atoms with Crippen molar-refractivity contribution in [2.24, 2.45) is 5.41 Å².